The standard InChI is InChI=1S/C22H37N3O6/c1-3-4-13-23-22(28)30-15-20(26)24-14-17-16(18-11-12-19(17)31-18)9-7-5-6-8-10-21(27)25(2)29/h5,7,16-19,29H,3-4,6,8-15H2,1-2H3,(H,23,28)(H,24,26)/b7-5-/t16-,17+,18-,19+/m0/s1. The molecule has 3 amide bonds. The van der Waals surface area contributed by atoms with Crippen LogP contribution in [-0.2, 0) is 19.1 Å². The fraction of sp³-hybridized carbons (Fsp3) is 0.773. The van der Waals surface area contributed by atoms with Crippen LogP contribution >= 0.6 is 0 Å². The fourth-order valence-corrected chi connectivity index (χ4v) is 4.22. The van der Waals surface area contributed by atoms with Crippen molar-refractivity contribution in [3.63, 3.8) is 0 Å². The van der Waals surface area contributed by atoms with Gasteiger partial charge in [0.15, 0.2) is 6.61 Å². The summed E-state index contributed by atoms with van der Waals surface area (Å²) in [6, 6.07) is 0. The maximum atomic E-state index is 12.1. The highest BCUT2D eigenvalue weighted by Crippen LogP contribution is 2.44. The number of nitrogens with one attached hydrogen (secondary N) is 2. The van der Waals surface area contributed by atoms with Crippen LogP contribution in [0.1, 0.15) is 58.3 Å². The Labute approximate surface area is 184 Å². The number of carbonyl (C=O) groups is 3. The highest BCUT2D eigenvalue weighted by atomic mass is 16.6. The molecule has 176 valence electrons. The number of hydroxylamine groups is 2. The maximum Gasteiger partial charge on any atom is 0.407 e. The van der Waals surface area contributed by atoms with Crippen LogP contribution in [0.25, 0.3) is 0 Å². The molecule has 0 unspecified atom stereocenters. The van der Waals surface area contributed by atoms with Crippen LogP contribution < -0.4 is 10.6 Å². The van der Waals surface area contributed by atoms with Gasteiger partial charge in [0.05, 0.1) is 12.2 Å². The minimum atomic E-state index is -0.567. The molecule has 2 saturated heterocycles. The smallest absolute Gasteiger partial charge is 0.407 e. The monoisotopic (exact) mass is 439 g/mol. The number of amides is 3. The number of alkyl carbamates (subject to hydrolysis) is 1. The molecule has 2 aliphatic rings. The van der Waals surface area contributed by atoms with Crippen molar-refractivity contribution in [3.8, 4) is 0 Å². The lowest BCUT2D eigenvalue weighted by Crippen LogP contribution is -2.40. The molecule has 0 radical (unpaired) electrons. The largest absolute Gasteiger partial charge is 0.439 e. The molecule has 0 spiro atoms. The molecule has 2 bridgehead atoms. The minimum Gasteiger partial charge on any atom is -0.439 e. The van der Waals surface area contributed by atoms with Gasteiger partial charge in [-0.1, -0.05) is 25.5 Å². The van der Waals surface area contributed by atoms with Crippen molar-refractivity contribution in [2.75, 3.05) is 26.7 Å². The van der Waals surface area contributed by atoms with Crippen LogP contribution in [0.4, 0.5) is 4.79 Å². The summed E-state index contributed by atoms with van der Waals surface area (Å²) in [5, 5.41) is 15.2. The van der Waals surface area contributed by atoms with Gasteiger partial charge in [-0.15, -0.1) is 0 Å². The third-order valence-corrected chi connectivity index (χ3v) is 5.96. The van der Waals surface area contributed by atoms with Gasteiger partial charge in [0.25, 0.3) is 5.91 Å². The van der Waals surface area contributed by atoms with Crippen molar-refractivity contribution in [1.29, 1.82) is 0 Å². The molecule has 0 aromatic carbocycles. The first-order valence-corrected chi connectivity index (χ1v) is 11.4. The van der Waals surface area contributed by atoms with E-state index in [1.807, 2.05) is 6.92 Å². The van der Waals surface area contributed by atoms with Crippen LogP contribution in [-0.4, -0.2) is 67.1 Å². The van der Waals surface area contributed by atoms with E-state index in [4.69, 9.17) is 14.7 Å². The van der Waals surface area contributed by atoms with Gasteiger partial charge in [-0.2, -0.15) is 0 Å². The molecule has 2 rings (SSSR count). The summed E-state index contributed by atoms with van der Waals surface area (Å²) in [7, 11) is 1.33. The lowest BCUT2D eigenvalue weighted by molar-refractivity contribution is -0.159. The van der Waals surface area contributed by atoms with Crippen LogP contribution in [0.5, 0.6) is 0 Å². The number of fused-ring (bicyclic) bond motifs is 2. The molecular weight excluding hydrogens is 402 g/mol. The molecule has 0 aliphatic carbocycles. The Morgan fingerprint density at radius 3 is 2.58 bits per heavy atom. The summed E-state index contributed by atoms with van der Waals surface area (Å²) in [6.45, 7) is 2.80. The fourth-order valence-electron chi connectivity index (χ4n) is 4.22. The SMILES string of the molecule is CCCCNC(=O)OCC(=O)NC[C@@H]1[C@H](C/C=C\CCCC(=O)N(C)O)[C@@H]2CC[C@H]1O2. The summed E-state index contributed by atoms with van der Waals surface area (Å²) < 4.78 is 11.0. The Balaban J connectivity index is 1.67. The van der Waals surface area contributed by atoms with E-state index in [1.54, 1.807) is 0 Å². The van der Waals surface area contributed by atoms with E-state index in [0.717, 1.165) is 38.5 Å². The van der Waals surface area contributed by atoms with Gasteiger partial charge in [0.2, 0.25) is 5.91 Å². The Bertz CT molecular complexity index is 624. The number of ether oxygens (including phenoxy) is 2. The molecule has 3 N–H and O–H groups in total. The maximum absolute atomic E-state index is 12.1. The Morgan fingerprint density at radius 2 is 1.87 bits per heavy atom. The van der Waals surface area contributed by atoms with Gasteiger partial charge in [-0.3, -0.25) is 14.8 Å². The average molecular weight is 440 g/mol. The summed E-state index contributed by atoms with van der Waals surface area (Å²) in [4.78, 5) is 34.9. The van der Waals surface area contributed by atoms with Crippen molar-refractivity contribution in [3.05, 3.63) is 12.2 Å². The van der Waals surface area contributed by atoms with E-state index in [-0.39, 0.29) is 36.5 Å². The average Bonchev–Trinajstić information content (AvgIpc) is 3.35. The predicted octanol–water partition coefficient (Wildman–Crippen LogP) is 2.39. The van der Waals surface area contributed by atoms with E-state index in [1.165, 1.54) is 7.05 Å². The van der Waals surface area contributed by atoms with Gasteiger partial charge in [0.1, 0.15) is 0 Å². The Morgan fingerprint density at radius 1 is 1.13 bits per heavy atom. The number of unbranched alkanes of at least 4 members (excludes halogenated alkanes) is 2. The second-order valence-electron chi connectivity index (χ2n) is 8.30. The van der Waals surface area contributed by atoms with E-state index in [2.05, 4.69) is 22.8 Å². The lowest BCUT2D eigenvalue weighted by Gasteiger charge is -2.27. The van der Waals surface area contributed by atoms with Crippen LogP contribution in [0, 0.1) is 11.8 Å². The van der Waals surface area contributed by atoms with Crippen LogP contribution in [0.15, 0.2) is 12.2 Å². The van der Waals surface area contributed by atoms with Gasteiger partial charge in [-0.05, 0) is 44.4 Å². The highest BCUT2D eigenvalue weighted by Gasteiger charge is 2.47. The topological polar surface area (TPSA) is 117 Å². The summed E-state index contributed by atoms with van der Waals surface area (Å²) >= 11 is 0. The molecule has 0 saturated carbocycles. The molecule has 2 fully saturated rings. The molecule has 0 aromatic heterocycles. The van der Waals surface area contributed by atoms with Crippen molar-refractivity contribution in [1.82, 2.24) is 15.7 Å². The third kappa shape index (κ3) is 8.49. The molecule has 2 heterocycles. The number of allylic oxidation sites excluding steroid dienone is 2. The van der Waals surface area contributed by atoms with Crippen molar-refractivity contribution in [2.24, 2.45) is 11.8 Å². The predicted molar refractivity (Wildman–Crippen MR) is 114 cm³/mol. The van der Waals surface area contributed by atoms with Gasteiger partial charge in [-0.25, -0.2) is 9.86 Å². The Kier molecular flexibility index (Phi) is 10.8. The molecule has 9 heteroatoms. The first kappa shape index (κ1) is 25.1. The second-order valence-corrected chi connectivity index (χ2v) is 8.30. The van der Waals surface area contributed by atoms with E-state index in [9.17, 15) is 14.4 Å². The van der Waals surface area contributed by atoms with Gasteiger partial charge < -0.3 is 20.1 Å². The van der Waals surface area contributed by atoms with Gasteiger partial charge >= 0.3 is 6.09 Å². The second kappa shape index (κ2) is 13.3. The molecule has 0 aromatic rings. The molecule has 4 atom stereocenters. The zero-order valence-electron chi connectivity index (χ0n) is 18.7. The number of hydrogen-bond acceptors (Lipinski definition) is 6. The third-order valence-electron chi connectivity index (χ3n) is 5.96. The van der Waals surface area contributed by atoms with E-state index >= 15 is 0 Å². The van der Waals surface area contributed by atoms with Crippen molar-refractivity contribution in [2.45, 2.75) is 70.5 Å². The number of rotatable bonds is 13. The zero-order valence-corrected chi connectivity index (χ0v) is 18.7. The van der Waals surface area contributed by atoms with Crippen LogP contribution in [0.3, 0.4) is 0 Å². The summed E-state index contributed by atoms with van der Waals surface area (Å²) in [5.41, 5.74) is 0. The van der Waals surface area contributed by atoms with E-state index < -0.39 is 6.09 Å². The molecule has 31 heavy (non-hydrogen) atoms. The van der Waals surface area contributed by atoms with Crippen molar-refractivity contribution < 1.29 is 29.1 Å². The van der Waals surface area contributed by atoms with E-state index in [0.29, 0.717) is 36.9 Å². The molecule has 9 nitrogen and oxygen atoms in total. The first-order chi connectivity index (χ1) is 14.9. The number of carbonyl (C=O) groups excluding carboxylic acids is 3. The van der Waals surface area contributed by atoms with Crippen molar-refractivity contribution >= 4 is 17.9 Å². The molecular formula is C22H37N3O6. The molecule has 2 aliphatic heterocycles. The van der Waals surface area contributed by atoms with Crippen LogP contribution in [0.2, 0.25) is 0 Å². The highest BCUT2D eigenvalue weighted by molar-refractivity contribution is 5.80. The zero-order chi connectivity index (χ0) is 22.6. The Hall–Kier alpha value is -2.13. The quantitative estimate of drug-likeness (QED) is 0.176. The first-order valence-electron chi connectivity index (χ1n) is 11.4. The van der Waals surface area contributed by atoms with Gasteiger partial charge in [0, 0.05) is 32.5 Å². The minimum absolute atomic E-state index is 0.166. The lowest BCUT2D eigenvalue weighted by atomic mass is 9.77. The number of hydrogen-bond donors (Lipinski definition) is 3. The number of nitrogens with zero attached hydrogens (tertiary/aromatic N) is 1. The summed E-state index contributed by atoms with van der Waals surface area (Å²) in [5.74, 6) is 0.00321. The normalized spacial score (nSPS) is 24.4. The summed E-state index contributed by atoms with van der Waals surface area (Å²) in [6.07, 6.45) is 10.6.